The van der Waals surface area contributed by atoms with E-state index in [9.17, 15) is 24.0 Å². The van der Waals surface area contributed by atoms with E-state index in [0.717, 1.165) is 44.9 Å². The third-order valence-corrected chi connectivity index (χ3v) is 13.6. The molecule has 0 spiro atoms. The predicted octanol–water partition coefficient (Wildman–Crippen LogP) is 16.7. The third-order valence-electron chi connectivity index (χ3n) is 13.6. The van der Waals surface area contributed by atoms with Gasteiger partial charge in [0.1, 0.15) is 23.3 Å². The van der Waals surface area contributed by atoms with Crippen LogP contribution in [0.5, 0.6) is 0 Å². The van der Waals surface area contributed by atoms with Gasteiger partial charge >= 0.3 is 30.4 Å². The number of esters is 2. The molecule has 2 unspecified atom stereocenters. The summed E-state index contributed by atoms with van der Waals surface area (Å²) in [7, 11) is 0. The van der Waals surface area contributed by atoms with Crippen LogP contribution in [0.4, 0.5) is 0 Å². The summed E-state index contributed by atoms with van der Waals surface area (Å²) >= 11 is 0. The number of hydrogen-bond acceptors (Lipinski definition) is 14. The van der Waals surface area contributed by atoms with E-state index < -0.39 is 29.3 Å². The molecule has 1 aromatic carbocycles. The average molecular weight is 1330 g/mol. The van der Waals surface area contributed by atoms with Crippen molar-refractivity contribution < 1.29 is 88.8 Å². The van der Waals surface area contributed by atoms with Gasteiger partial charge in [-0.1, -0.05) is 239 Å². The van der Waals surface area contributed by atoms with E-state index in [4.69, 9.17) is 38.2 Å². The molecule has 1 aromatic rings. The maximum atomic E-state index is 12.7. The monoisotopic (exact) mass is 1320 g/mol. The van der Waals surface area contributed by atoms with E-state index in [1.807, 2.05) is 39.0 Å². The van der Waals surface area contributed by atoms with Crippen molar-refractivity contribution in [3.63, 3.8) is 0 Å². The van der Waals surface area contributed by atoms with Crippen LogP contribution in [0, 0.1) is 18.3 Å². The molecule has 0 heterocycles. The maximum absolute atomic E-state index is 12.7. The third kappa shape index (κ3) is 79.4. The van der Waals surface area contributed by atoms with E-state index in [1.165, 1.54) is 166 Å². The second kappa shape index (κ2) is 63.0. The molecule has 87 heavy (non-hydrogen) atoms. The Morgan fingerprint density at radius 1 is 0.437 bits per heavy atom. The minimum Gasteiger partial charge on any atom is -0.468 e. The van der Waals surface area contributed by atoms with Crippen LogP contribution in [-0.4, -0.2) is 78.6 Å². The molecule has 17 heteroatoms. The Balaban J connectivity index is -0.000000255. The van der Waals surface area contributed by atoms with E-state index in [-0.39, 0.29) is 78.5 Å². The Morgan fingerprint density at radius 2 is 0.701 bits per heavy atom. The molecule has 0 radical (unpaired) electrons. The number of benzene rings is 1. The Morgan fingerprint density at radius 3 is 0.966 bits per heavy atom. The van der Waals surface area contributed by atoms with Gasteiger partial charge in [0, 0.05) is 41.1 Å². The van der Waals surface area contributed by atoms with Crippen molar-refractivity contribution in [3.8, 4) is 0 Å². The van der Waals surface area contributed by atoms with Crippen molar-refractivity contribution >= 4 is 48.7 Å². The van der Waals surface area contributed by atoms with Crippen LogP contribution in [0.2, 0.25) is 0 Å². The number of hydrogen-bond donors (Lipinski definition) is 2. The van der Waals surface area contributed by atoms with Gasteiger partial charge in [-0.25, -0.2) is 9.59 Å². The van der Waals surface area contributed by atoms with Crippen LogP contribution < -0.4 is 10.6 Å². The summed E-state index contributed by atoms with van der Waals surface area (Å²) in [5, 5.41) is 5.71. The summed E-state index contributed by atoms with van der Waals surface area (Å²) < 4.78 is 15.7. The van der Waals surface area contributed by atoms with Gasteiger partial charge in [0.25, 0.3) is 6.47 Å². The second-order valence-electron chi connectivity index (χ2n) is 26.7. The number of unbranched alkanes of at least 4 members (excludes halogenated alkanes) is 26. The molecule has 2 amide bonds. The van der Waals surface area contributed by atoms with Crippen molar-refractivity contribution in [3.05, 3.63) is 43.3 Å². The van der Waals surface area contributed by atoms with Gasteiger partial charge in [0.15, 0.2) is 0 Å². The van der Waals surface area contributed by atoms with E-state index in [2.05, 4.69) is 69.0 Å². The fourth-order valence-corrected chi connectivity index (χ4v) is 9.29. The minimum absolute atomic E-state index is 0. The Labute approximate surface area is 543 Å². The average Bonchev–Trinajstić information content (AvgIpc) is 3.48. The number of rotatable bonds is 44. The number of carbonyl (C=O) groups is 5. The van der Waals surface area contributed by atoms with Crippen molar-refractivity contribution in [2.75, 3.05) is 6.61 Å². The van der Waals surface area contributed by atoms with Gasteiger partial charge in [0.2, 0.25) is 11.8 Å². The Kier molecular flexibility index (Phi) is 67.7. The number of aryl methyl sites for hydroxylation is 1. The molecule has 0 fully saturated rings. The molecule has 0 saturated heterocycles. The summed E-state index contributed by atoms with van der Waals surface area (Å²) in [6.45, 7) is 25.3. The molecule has 1 rings (SSSR count). The number of nitrogens with one attached hydrogen (secondary N) is 2. The minimum atomic E-state index is -0.801. The van der Waals surface area contributed by atoms with Crippen LogP contribution in [0.25, 0.3) is 0 Å². The zero-order chi connectivity index (χ0) is 65.1. The molecular formula is C70H125N2O14Pd-. The molecule has 16 nitrogen and oxygen atoms in total. The molecule has 0 aliphatic carbocycles. The normalized spacial score (nSPS) is 11.4. The van der Waals surface area contributed by atoms with Crippen molar-refractivity contribution in [2.45, 2.75) is 338 Å². The van der Waals surface area contributed by atoms with Crippen LogP contribution in [0.3, 0.4) is 0 Å². The van der Waals surface area contributed by atoms with Gasteiger partial charge < -0.3 is 32.3 Å². The SMILES string of the molecule is CC(C)(C)CCCCCCCCCCCCCCCCC(=O)NC(CCCc1ccccc1)C(=O)OC(C)(C)C.CC(C)(C)CCCCCCCCCCCCCCCCC(=O)NC(CCOC=O)C(=O)OC(C)(C)C.O=C=O.O=C=O.O=C=O.[CH3-].[HH].[Pd]. The van der Waals surface area contributed by atoms with Crippen molar-refractivity contribution in [1.29, 1.82) is 0 Å². The topological polar surface area (TPSA) is 240 Å². The van der Waals surface area contributed by atoms with Gasteiger partial charge in [-0.15, -0.1) is 0 Å². The Hall–Kier alpha value is -4.63. The van der Waals surface area contributed by atoms with E-state index in [0.29, 0.717) is 36.6 Å². The number of amides is 2. The first-order valence-corrected chi connectivity index (χ1v) is 32.3. The Bertz CT molecular complexity index is 1860. The summed E-state index contributed by atoms with van der Waals surface area (Å²) in [5.74, 6) is -1.03. The smallest absolute Gasteiger partial charge is 0.373 e. The standard InChI is InChI=1S/C36H63NO3.C30H57NO5.3CO2.CH3.Pd.H2/c1-35(2,3)30-23-18-16-14-12-10-8-7-9-11-13-15-17-22-29-33(38)37-32(34(39)40-36(4,5)6)28-24-27-31-25-20-19-21-26-31;1-29(2,3)23-20-18-16-14-12-10-8-7-9-11-13-15-17-19-21-27(33)31-26(22-24-35-25-32)28(34)36-30(4,5)6;3*2-1-3;;;/h19-21,25-26,32H,7-18,22-24,27-30H2,1-6H3,(H,37,38);25-26H,7-24H2,1-6H3,(H,31,33);;;;1H3;;1H/q;;;;;-1;;. The van der Waals surface area contributed by atoms with Gasteiger partial charge in [-0.05, 0) is 103 Å². The molecule has 510 valence electrons. The molecular weight excluding hydrogens is 1200 g/mol. The summed E-state index contributed by atoms with van der Waals surface area (Å²) in [4.78, 5) is 109. The fraction of sp³-hybridized carbons (Fsp3) is 0.786. The van der Waals surface area contributed by atoms with Crippen molar-refractivity contribution in [2.24, 2.45) is 10.8 Å². The van der Waals surface area contributed by atoms with Crippen LogP contribution in [-0.2, 0) is 93.8 Å². The molecule has 0 aliphatic heterocycles. The molecule has 2 atom stereocenters. The van der Waals surface area contributed by atoms with Crippen LogP contribution in [0.1, 0.15) is 315 Å². The summed E-state index contributed by atoms with van der Waals surface area (Å²) in [6, 6.07) is 8.87. The van der Waals surface area contributed by atoms with Gasteiger partial charge in [-0.3, -0.25) is 14.4 Å². The van der Waals surface area contributed by atoms with Crippen LogP contribution >= 0.6 is 0 Å². The predicted molar refractivity (Wildman–Crippen MR) is 342 cm³/mol. The van der Waals surface area contributed by atoms with Gasteiger partial charge in [-0.2, -0.15) is 28.8 Å². The number of carbonyl (C=O) groups excluding carboxylic acids is 11. The van der Waals surface area contributed by atoms with E-state index >= 15 is 0 Å². The largest absolute Gasteiger partial charge is 0.468 e. The molecule has 0 aromatic heterocycles. The zero-order valence-corrected chi connectivity index (χ0v) is 58.4. The maximum Gasteiger partial charge on any atom is 0.373 e. The van der Waals surface area contributed by atoms with Crippen LogP contribution in [0.15, 0.2) is 30.3 Å². The molecule has 0 saturated carbocycles. The van der Waals surface area contributed by atoms with Crippen molar-refractivity contribution in [1.82, 2.24) is 10.6 Å². The quantitative estimate of drug-likeness (QED) is 0.0154. The van der Waals surface area contributed by atoms with E-state index in [1.54, 1.807) is 20.8 Å². The first-order chi connectivity index (χ1) is 40.1. The summed E-state index contributed by atoms with van der Waals surface area (Å²) in [6.07, 6.45) is 42.8. The first kappa shape index (κ1) is 93.5. The fourth-order valence-electron chi connectivity index (χ4n) is 9.29. The summed E-state index contributed by atoms with van der Waals surface area (Å²) in [5.41, 5.74) is 1.01. The number of ether oxygens (including phenoxy) is 3. The molecule has 2 N–H and O–H groups in total. The molecule has 0 bridgehead atoms. The van der Waals surface area contributed by atoms with Gasteiger partial charge in [0.05, 0.1) is 6.61 Å². The second-order valence-corrected chi connectivity index (χ2v) is 26.7. The zero-order valence-electron chi connectivity index (χ0n) is 56.8. The first-order valence-electron chi connectivity index (χ1n) is 32.3. The molecule has 0 aliphatic rings.